The van der Waals surface area contributed by atoms with Crippen molar-refractivity contribution in [2.75, 3.05) is 13.1 Å². The van der Waals surface area contributed by atoms with Crippen LogP contribution < -0.4 is 5.32 Å². The Morgan fingerprint density at radius 2 is 1.93 bits per heavy atom. The molecule has 0 radical (unpaired) electrons. The number of hydrogen-bond donors (Lipinski definition) is 1. The third-order valence-corrected chi connectivity index (χ3v) is 9.05. The summed E-state index contributed by atoms with van der Waals surface area (Å²) in [6.45, 7) is 0.638. The molecule has 1 atom stereocenters. The predicted octanol–water partition coefficient (Wildman–Crippen LogP) is 3.48. The number of carbonyl (C=O) groups excluding carboxylic acids is 1. The van der Waals surface area contributed by atoms with Crippen molar-refractivity contribution in [2.24, 2.45) is 5.92 Å². The van der Waals surface area contributed by atoms with Crippen molar-refractivity contribution in [2.45, 2.75) is 41.9 Å². The molecule has 8 heteroatoms. The lowest BCUT2D eigenvalue weighted by molar-refractivity contribution is -0.129. The molecule has 4 rings (SSSR count). The average molecular weight is 423 g/mol. The monoisotopic (exact) mass is 422 g/mol. The maximum Gasteiger partial charge on any atom is 0.252 e. The number of rotatable bonds is 5. The van der Waals surface area contributed by atoms with Crippen LogP contribution in [0.25, 0.3) is 0 Å². The highest BCUT2D eigenvalue weighted by Crippen LogP contribution is 2.41. The van der Waals surface area contributed by atoms with Gasteiger partial charge >= 0.3 is 0 Å². The Morgan fingerprint density at radius 1 is 1.18 bits per heavy atom. The molecule has 150 valence electrons. The Kier molecular flexibility index (Phi) is 5.28. The fourth-order valence-corrected chi connectivity index (χ4v) is 6.70. The van der Waals surface area contributed by atoms with Gasteiger partial charge in [0.15, 0.2) is 0 Å². The van der Waals surface area contributed by atoms with E-state index in [9.17, 15) is 17.6 Å². The highest BCUT2D eigenvalue weighted by atomic mass is 32.2. The Labute approximate surface area is 168 Å². The Balaban J connectivity index is 1.48. The zero-order chi connectivity index (χ0) is 19.8. The number of thiophene rings is 1. The molecule has 2 aromatic rings. The molecule has 0 spiro atoms. The van der Waals surface area contributed by atoms with Crippen molar-refractivity contribution in [3.8, 4) is 0 Å². The molecule has 1 aromatic carbocycles. The van der Waals surface area contributed by atoms with E-state index in [1.165, 1.54) is 27.8 Å². The Bertz CT molecular complexity index is 938. The summed E-state index contributed by atoms with van der Waals surface area (Å²) in [7, 11) is -3.55. The topological polar surface area (TPSA) is 66.5 Å². The number of benzene rings is 1. The molecule has 0 bridgehead atoms. The molecule has 2 heterocycles. The first kappa shape index (κ1) is 19.5. The molecular weight excluding hydrogens is 399 g/mol. The fourth-order valence-electron chi connectivity index (χ4n) is 4.04. The minimum absolute atomic E-state index is 0.116. The molecule has 1 amide bonds. The lowest BCUT2D eigenvalue weighted by atomic mass is 9.71. The van der Waals surface area contributed by atoms with Crippen LogP contribution in [0.4, 0.5) is 4.39 Å². The van der Waals surface area contributed by atoms with Gasteiger partial charge in [0.25, 0.3) is 10.0 Å². The van der Waals surface area contributed by atoms with E-state index in [0.717, 1.165) is 24.8 Å². The van der Waals surface area contributed by atoms with Crippen LogP contribution in [0.2, 0.25) is 0 Å². The summed E-state index contributed by atoms with van der Waals surface area (Å²) in [5, 5.41) is 4.90. The van der Waals surface area contributed by atoms with Gasteiger partial charge in [0.1, 0.15) is 10.0 Å². The molecule has 5 nitrogen and oxygen atoms in total. The summed E-state index contributed by atoms with van der Waals surface area (Å²) >= 11 is 1.19. The van der Waals surface area contributed by atoms with Crippen molar-refractivity contribution >= 4 is 27.3 Å². The molecular formula is C20H23FN2O3S2. The van der Waals surface area contributed by atoms with Gasteiger partial charge in [-0.05, 0) is 61.2 Å². The van der Waals surface area contributed by atoms with Gasteiger partial charge in [-0.1, -0.05) is 18.2 Å². The van der Waals surface area contributed by atoms with Crippen LogP contribution in [0.5, 0.6) is 0 Å². The van der Waals surface area contributed by atoms with Crippen molar-refractivity contribution in [1.82, 2.24) is 9.62 Å². The number of halogens is 1. The molecule has 28 heavy (non-hydrogen) atoms. The van der Waals surface area contributed by atoms with E-state index in [1.54, 1.807) is 29.6 Å². The fraction of sp³-hybridized carbons (Fsp3) is 0.450. The SMILES string of the molecule is O=C(NC1(c2ccc(F)cc2)CCC1)C1CCCN(S(=O)(=O)c2cccs2)C1. The summed E-state index contributed by atoms with van der Waals surface area (Å²) < 4.78 is 40.6. The molecule has 1 aromatic heterocycles. The summed E-state index contributed by atoms with van der Waals surface area (Å²) in [5.41, 5.74) is 0.451. The first-order valence-corrected chi connectivity index (χ1v) is 11.8. The average Bonchev–Trinajstić information content (AvgIpc) is 3.21. The molecule has 1 aliphatic heterocycles. The third kappa shape index (κ3) is 3.60. The predicted molar refractivity (Wildman–Crippen MR) is 106 cm³/mol. The van der Waals surface area contributed by atoms with E-state index < -0.39 is 15.6 Å². The van der Waals surface area contributed by atoms with Crippen LogP contribution in [-0.4, -0.2) is 31.7 Å². The molecule has 2 aliphatic rings. The number of nitrogens with zero attached hydrogens (tertiary/aromatic N) is 1. The van der Waals surface area contributed by atoms with E-state index >= 15 is 0 Å². The van der Waals surface area contributed by atoms with E-state index in [1.807, 2.05) is 0 Å². The van der Waals surface area contributed by atoms with Gasteiger partial charge in [-0.3, -0.25) is 4.79 Å². The maximum absolute atomic E-state index is 13.3. The van der Waals surface area contributed by atoms with Gasteiger partial charge in [-0.15, -0.1) is 11.3 Å². The number of amides is 1. The normalized spacial score (nSPS) is 22.4. The van der Waals surface area contributed by atoms with Gasteiger partial charge in [0, 0.05) is 13.1 Å². The number of hydrogen-bond acceptors (Lipinski definition) is 4. The lowest BCUT2D eigenvalue weighted by Crippen LogP contribution is -2.54. The van der Waals surface area contributed by atoms with Gasteiger partial charge in [0.2, 0.25) is 5.91 Å². The maximum atomic E-state index is 13.3. The van der Waals surface area contributed by atoms with Crippen LogP contribution in [-0.2, 0) is 20.4 Å². The summed E-state index contributed by atoms with van der Waals surface area (Å²) in [5.74, 6) is -0.789. The van der Waals surface area contributed by atoms with Crippen molar-refractivity contribution in [3.05, 3.63) is 53.2 Å². The van der Waals surface area contributed by atoms with Gasteiger partial charge in [-0.2, -0.15) is 4.31 Å². The third-order valence-electron chi connectivity index (χ3n) is 5.81. The number of sulfonamides is 1. The molecule has 1 aliphatic carbocycles. The van der Waals surface area contributed by atoms with Crippen LogP contribution in [0, 0.1) is 11.7 Å². The second-order valence-electron chi connectivity index (χ2n) is 7.57. The zero-order valence-corrected chi connectivity index (χ0v) is 17.1. The second-order valence-corrected chi connectivity index (χ2v) is 10.7. The van der Waals surface area contributed by atoms with Gasteiger partial charge in [-0.25, -0.2) is 12.8 Å². The number of carbonyl (C=O) groups is 1. The van der Waals surface area contributed by atoms with Crippen LogP contribution in [0.3, 0.4) is 0 Å². The molecule has 2 fully saturated rings. The van der Waals surface area contributed by atoms with Crippen LogP contribution in [0.1, 0.15) is 37.7 Å². The smallest absolute Gasteiger partial charge is 0.252 e. The summed E-state index contributed by atoms with van der Waals surface area (Å²) in [6.07, 6.45) is 3.96. The zero-order valence-electron chi connectivity index (χ0n) is 15.4. The van der Waals surface area contributed by atoms with Gasteiger partial charge in [0.05, 0.1) is 11.5 Å². The minimum Gasteiger partial charge on any atom is -0.346 e. The highest BCUT2D eigenvalue weighted by molar-refractivity contribution is 7.91. The van der Waals surface area contributed by atoms with E-state index in [4.69, 9.17) is 0 Å². The first-order valence-electron chi connectivity index (χ1n) is 9.52. The second kappa shape index (κ2) is 7.57. The quantitative estimate of drug-likeness (QED) is 0.802. The molecule has 1 N–H and O–H groups in total. The largest absolute Gasteiger partial charge is 0.346 e. The van der Waals surface area contributed by atoms with Crippen LogP contribution in [0.15, 0.2) is 46.0 Å². The van der Waals surface area contributed by atoms with Gasteiger partial charge < -0.3 is 5.32 Å². The standard InChI is InChI=1S/C20H23FN2O3S2/c21-17-8-6-16(7-9-17)20(10-3-11-20)22-19(24)15-4-1-12-23(14-15)28(25,26)18-5-2-13-27-18/h2,5-9,13,15H,1,3-4,10-12,14H2,(H,22,24). The number of nitrogens with one attached hydrogen (secondary N) is 1. The summed E-state index contributed by atoms with van der Waals surface area (Å²) in [6, 6.07) is 9.59. The van der Waals surface area contributed by atoms with Crippen molar-refractivity contribution < 1.29 is 17.6 Å². The number of piperidine rings is 1. The molecule has 1 unspecified atom stereocenters. The van der Waals surface area contributed by atoms with E-state index in [2.05, 4.69) is 5.32 Å². The van der Waals surface area contributed by atoms with Crippen LogP contribution >= 0.6 is 11.3 Å². The first-order chi connectivity index (χ1) is 13.4. The van der Waals surface area contributed by atoms with E-state index in [-0.39, 0.29) is 24.2 Å². The molecule has 1 saturated carbocycles. The van der Waals surface area contributed by atoms with Crippen molar-refractivity contribution in [3.63, 3.8) is 0 Å². The minimum atomic E-state index is -3.55. The van der Waals surface area contributed by atoms with Crippen molar-refractivity contribution in [1.29, 1.82) is 0 Å². The summed E-state index contributed by atoms with van der Waals surface area (Å²) in [4.78, 5) is 13.0. The van der Waals surface area contributed by atoms with E-state index in [0.29, 0.717) is 23.6 Å². The lowest BCUT2D eigenvalue weighted by Gasteiger charge is -2.44. The Morgan fingerprint density at radius 3 is 2.54 bits per heavy atom. The molecule has 1 saturated heterocycles. The Hall–Kier alpha value is -1.77. The highest BCUT2D eigenvalue weighted by Gasteiger charge is 2.42.